The lowest BCUT2D eigenvalue weighted by Gasteiger charge is -2.40. The molecule has 1 fully saturated rings. The quantitative estimate of drug-likeness (QED) is 0.0228. The second-order valence-corrected chi connectivity index (χ2v) is 18.2. The molecule has 0 aromatic rings. The molecule has 12 nitrogen and oxygen atoms in total. The van der Waals surface area contributed by atoms with Crippen molar-refractivity contribution in [2.24, 2.45) is 0 Å². The first-order valence-electron chi connectivity index (χ1n) is 26.6. The van der Waals surface area contributed by atoms with Gasteiger partial charge in [0.05, 0.1) is 6.61 Å². The predicted molar refractivity (Wildman–Crippen MR) is 266 cm³/mol. The summed E-state index contributed by atoms with van der Waals surface area (Å²) in [5.74, 6) is -3.15. The third-order valence-electron chi connectivity index (χ3n) is 11.9. The lowest BCUT2D eigenvalue weighted by Crippen LogP contribution is -2.61. The Labute approximate surface area is 405 Å². The molecule has 1 aliphatic rings. The van der Waals surface area contributed by atoms with E-state index < -0.39 is 67.3 Å². The zero-order valence-electron chi connectivity index (χ0n) is 42.1. The molecule has 0 saturated carbocycles. The highest BCUT2D eigenvalue weighted by atomic mass is 16.7. The highest BCUT2D eigenvalue weighted by Gasteiger charge is 2.50. The van der Waals surface area contributed by atoms with Crippen LogP contribution in [0, 0.1) is 0 Å². The van der Waals surface area contributed by atoms with Crippen LogP contribution in [0.15, 0.2) is 48.6 Å². The summed E-state index contributed by atoms with van der Waals surface area (Å²) in [6.07, 6.45) is 38.2. The third-order valence-corrected chi connectivity index (χ3v) is 11.9. The number of carboxylic acids is 1. The molecule has 1 rings (SSSR count). The number of ether oxygens (including phenoxy) is 5. The number of esters is 3. The summed E-state index contributed by atoms with van der Waals surface area (Å²) in [6.45, 7) is 5.84. The van der Waals surface area contributed by atoms with Crippen molar-refractivity contribution >= 4 is 23.9 Å². The number of rotatable bonds is 44. The van der Waals surface area contributed by atoms with Crippen LogP contribution in [0.2, 0.25) is 0 Å². The van der Waals surface area contributed by atoms with Crippen molar-refractivity contribution in [1.29, 1.82) is 0 Å². The molecule has 0 bridgehead atoms. The molecule has 1 saturated heterocycles. The summed E-state index contributed by atoms with van der Waals surface area (Å²) in [6, 6.07) is 0. The summed E-state index contributed by atoms with van der Waals surface area (Å²) < 4.78 is 28.2. The number of unbranched alkanes of at least 4 members (excludes halogenated alkanes) is 22. The van der Waals surface area contributed by atoms with Gasteiger partial charge in [0.2, 0.25) is 0 Å². The monoisotopic (exact) mass is 947 g/mol. The largest absolute Gasteiger partial charge is 0.479 e. The summed E-state index contributed by atoms with van der Waals surface area (Å²) in [4.78, 5) is 50.8. The fourth-order valence-corrected chi connectivity index (χ4v) is 7.73. The number of carbonyl (C=O) groups is 4. The Morgan fingerprint density at radius 2 is 0.925 bits per heavy atom. The lowest BCUT2D eigenvalue weighted by atomic mass is 9.98. The van der Waals surface area contributed by atoms with E-state index in [2.05, 4.69) is 69.4 Å². The van der Waals surface area contributed by atoms with Crippen LogP contribution in [0.5, 0.6) is 0 Å². The first kappa shape index (κ1) is 61.7. The van der Waals surface area contributed by atoms with Crippen molar-refractivity contribution < 1.29 is 58.2 Å². The van der Waals surface area contributed by atoms with E-state index >= 15 is 0 Å². The predicted octanol–water partition coefficient (Wildman–Crippen LogP) is 12.7. The lowest BCUT2D eigenvalue weighted by molar-refractivity contribution is -0.301. The minimum Gasteiger partial charge on any atom is -0.479 e. The fraction of sp³-hybridized carbons (Fsp3) is 0.782. The summed E-state index contributed by atoms with van der Waals surface area (Å²) >= 11 is 0. The van der Waals surface area contributed by atoms with Crippen LogP contribution in [-0.4, -0.2) is 89.2 Å². The second-order valence-electron chi connectivity index (χ2n) is 18.2. The number of hydrogen-bond acceptors (Lipinski definition) is 11. The smallest absolute Gasteiger partial charge is 0.335 e. The maximum absolute atomic E-state index is 13.0. The first-order chi connectivity index (χ1) is 32.6. The van der Waals surface area contributed by atoms with Crippen LogP contribution >= 0.6 is 0 Å². The van der Waals surface area contributed by atoms with E-state index in [4.69, 9.17) is 23.7 Å². The molecule has 67 heavy (non-hydrogen) atoms. The van der Waals surface area contributed by atoms with Gasteiger partial charge >= 0.3 is 23.9 Å². The number of allylic oxidation sites excluding steroid dienone is 8. The van der Waals surface area contributed by atoms with E-state index in [1.807, 2.05) is 0 Å². The Bertz CT molecular complexity index is 1360. The molecule has 6 atom stereocenters. The number of hydrogen-bond donors (Lipinski definition) is 3. The van der Waals surface area contributed by atoms with E-state index in [0.717, 1.165) is 116 Å². The molecule has 3 N–H and O–H groups in total. The van der Waals surface area contributed by atoms with Gasteiger partial charge in [-0.2, -0.15) is 0 Å². The summed E-state index contributed by atoms with van der Waals surface area (Å²) in [5.41, 5.74) is 0. The van der Waals surface area contributed by atoms with E-state index in [1.165, 1.54) is 51.4 Å². The molecular formula is C55H94O12. The van der Waals surface area contributed by atoms with Crippen LogP contribution < -0.4 is 0 Å². The van der Waals surface area contributed by atoms with Gasteiger partial charge < -0.3 is 39.0 Å². The highest BCUT2D eigenvalue weighted by molar-refractivity contribution is 5.74. The molecule has 0 amide bonds. The SMILES string of the molecule is CCC/C=C\C/C=C\CCCCCCCC(=O)OCC(COC1OC(C(=O)O)C(O)C(O)C1OC(=O)CCCCCCC/C=C\C/C=C\CCCCC)OC(=O)CCCCCCCCCCC. The van der Waals surface area contributed by atoms with E-state index in [0.29, 0.717) is 19.3 Å². The number of carbonyl (C=O) groups excluding carboxylic acids is 3. The Morgan fingerprint density at radius 3 is 1.43 bits per heavy atom. The molecule has 1 aliphatic heterocycles. The van der Waals surface area contributed by atoms with Gasteiger partial charge in [0.1, 0.15) is 18.8 Å². The van der Waals surface area contributed by atoms with Crippen LogP contribution in [-0.2, 0) is 42.9 Å². The Hall–Kier alpha value is -3.32. The average Bonchev–Trinajstić information content (AvgIpc) is 3.31. The molecule has 0 radical (unpaired) electrons. The minimum atomic E-state index is -1.91. The van der Waals surface area contributed by atoms with Crippen molar-refractivity contribution in [2.75, 3.05) is 13.2 Å². The van der Waals surface area contributed by atoms with Gasteiger partial charge in [0.15, 0.2) is 24.6 Å². The van der Waals surface area contributed by atoms with Gasteiger partial charge in [0, 0.05) is 19.3 Å². The normalized spacial score (nSPS) is 19.2. The van der Waals surface area contributed by atoms with E-state index in [-0.39, 0.29) is 25.9 Å². The summed E-state index contributed by atoms with van der Waals surface area (Å²) in [5, 5.41) is 31.3. The Kier molecular flexibility index (Phi) is 40.4. The van der Waals surface area contributed by atoms with E-state index in [9.17, 15) is 34.5 Å². The summed E-state index contributed by atoms with van der Waals surface area (Å²) in [7, 11) is 0. The maximum atomic E-state index is 13.0. The molecule has 0 aliphatic carbocycles. The van der Waals surface area contributed by atoms with Crippen LogP contribution in [0.1, 0.15) is 226 Å². The maximum Gasteiger partial charge on any atom is 0.335 e. The number of aliphatic carboxylic acids is 1. The minimum absolute atomic E-state index is 0.0442. The van der Waals surface area contributed by atoms with Gasteiger partial charge in [-0.1, -0.05) is 179 Å². The Morgan fingerprint density at radius 1 is 0.493 bits per heavy atom. The van der Waals surface area contributed by atoms with Crippen molar-refractivity contribution in [3.63, 3.8) is 0 Å². The second kappa shape index (κ2) is 43.9. The van der Waals surface area contributed by atoms with Gasteiger partial charge in [-0.15, -0.1) is 0 Å². The van der Waals surface area contributed by atoms with Crippen LogP contribution in [0.4, 0.5) is 0 Å². The van der Waals surface area contributed by atoms with Gasteiger partial charge in [-0.05, 0) is 77.0 Å². The number of aliphatic hydroxyl groups excluding tert-OH is 2. The molecular weight excluding hydrogens is 853 g/mol. The van der Waals surface area contributed by atoms with Crippen molar-refractivity contribution in [2.45, 2.75) is 263 Å². The average molecular weight is 947 g/mol. The topological polar surface area (TPSA) is 175 Å². The number of carboxylic acid groups (broad SMARTS) is 1. The van der Waals surface area contributed by atoms with Crippen LogP contribution in [0.3, 0.4) is 0 Å². The van der Waals surface area contributed by atoms with Crippen molar-refractivity contribution in [3.8, 4) is 0 Å². The van der Waals surface area contributed by atoms with Crippen molar-refractivity contribution in [3.05, 3.63) is 48.6 Å². The zero-order chi connectivity index (χ0) is 49.0. The van der Waals surface area contributed by atoms with Crippen molar-refractivity contribution in [1.82, 2.24) is 0 Å². The van der Waals surface area contributed by atoms with Gasteiger partial charge in [-0.25, -0.2) is 4.79 Å². The third kappa shape index (κ3) is 34.6. The van der Waals surface area contributed by atoms with Crippen LogP contribution in [0.25, 0.3) is 0 Å². The molecule has 1 heterocycles. The van der Waals surface area contributed by atoms with Gasteiger partial charge in [-0.3, -0.25) is 14.4 Å². The van der Waals surface area contributed by atoms with Gasteiger partial charge in [0.25, 0.3) is 0 Å². The molecule has 0 aromatic carbocycles. The molecule has 0 spiro atoms. The molecule has 386 valence electrons. The first-order valence-corrected chi connectivity index (χ1v) is 26.6. The molecule has 12 heteroatoms. The zero-order valence-corrected chi connectivity index (χ0v) is 42.1. The molecule has 6 unspecified atom stereocenters. The molecule has 0 aromatic heterocycles. The fourth-order valence-electron chi connectivity index (χ4n) is 7.73. The number of aliphatic hydroxyl groups is 2. The highest BCUT2D eigenvalue weighted by Crippen LogP contribution is 2.26. The van der Waals surface area contributed by atoms with E-state index in [1.54, 1.807) is 0 Å². The Balaban J connectivity index is 2.72. The standard InChI is InChI=1S/C55H94O12/c1-4-7-10-13-16-19-21-23-24-26-28-31-34-37-40-43-49(58)66-53-51(60)50(59)52(54(61)62)67-55(53)64-45-46(65-48(57)42-39-36-33-29-18-15-12-9-6-3)44-63-47(56)41-38-35-32-30-27-25-22-20-17-14-11-8-5-2/h11,14,16,19-20,22-24,46,50-53,55,59-60H,4-10,12-13,15,17-18,21,25-45H2,1-3H3,(H,61,62)/b14-11-,19-16-,22-20-,24-23-.